The summed E-state index contributed by atoms with van der Waals surface area (Å²) in [6.07, 6.45) is 7.79. The first-order chi connectivity index (χ1) is 5.41. The molecule has 0 fully saturated rings. The zero-order valence-corrected chi connectivity index (χ0v) is 6.91. The smallest absolute Gasteiger partial charge is 0.0264 e. The Labute approximate surface area is 68.7 Å². The zero-order valence-electron chi connectivity index (χ0n) is 6.91. The predicted octanol–water partition coefficient (Wildman–Crippen LogP) is 0.865. The van der Waals surface area contributed by atoms with Crippen LogP contribution in [0.3, 0.4) is 0 Å². The van der Waals surface area contributed by atoms with Crippen LogP contribution in [0.1, 0.15) is 26.2 Å². The quantitative estimate of drug-likeness (QED) is 0.269. The van der Waals surface area contributed by atoms with E-state index in [0.29, 0.717) is 0 Å². The van der Waals surface area contributed by atoms with Crippen LogP contribution in [0.15, 0.2) is 0 Å². The Kier molecular flexibility index (Phi) is 7.98. The molecule has 0 aliphatic carbocycles. The normalized spacial score (nSPS) is 7.64. The van der Waals surface area contributed by atoms with Crippen LogP contribution in [-0.2, 0) is 0 Å². The van der Waals surface area contributed by atoms with Gasteiger partial charge in [0, 0.05) is 25.4 Å². The van der Waals surface area contributed by atoms with Crippen LogP contribution in [0, 0.1) is 24.3 Å². The lowest BCUT2D eigenvalue weighted by atomic mass is 10.4. The maximum Gasteiger partial charge on any atom is 0.0264 e. The van der Waals surface area contributed by atoms with Crippen molar-refractivity contribution in [3.05, 3.63) is 0 Å². The summed E-state index contributed by atoms with van der Waals surface area (Å²) in [7, 11) is 0. The predicted molar refractivity (Wildman–Crippen MR) is 47.3 cm³/mol. The van der Waals surface area contributed by atoms with Gasteiger partial charge in [-0.25, -0.2) is 5.43 Å². The summed E-state index contributed by atoms with van der Waals surface area (Å²) in [6, 6.07) is 2.77. The monoisotopic (exact) mass is 150 g/mol. The molecular formula is C9H14N2. The second kappa shape index (κ2) is 8.88. The van der Waals surface area contributed by atoms with E-state index in [0.717, 1.165) is 25.8 Å². The molecule has 2 heteroatoms. The average molecular weight is 150 g/mol. The lowest BCUT2D eigenvalue weighted by molar-refractivity contribution is 0.651. The van der Waals surface area contributed by atoms with Crippen molar-refractivity contribution in [2.24, 2.45) is 0 Å². The van der Waals surface area contributed by atoms with Crippen molar-refractivity contribution in [3.63, 3.8) is 0 Å². The Morgan fingerprint density at radius 2 is 2.18 bits per heavy atom. The van der Waals surface area contributed by atoms with Crippen LogP contribution in [0.5, 0.6) is 0 Å². The molecule has 0 aromatic rings. The van der Waals surface area contributed by atoms with E-state index in [1.165, 1.54) is 0 Å². The fourth-order valence-electron chi connectivity index (χ4n) is 0.473. The molecule has 0 unspecified atom stereocenters. The summed E-state index contributed by atoms with van der Waals surface area (Å²) < 4.78 is 0. The summed E-state index contributed by atoms with van der Waals surface area (Å²) >= 11 is 0. The third-order valence-corrected chi connectivity index (χ3v) is 1.01. The molecule has 0 saturated carbocycles. The zero-order chi connectivity index (χ0) is 8.36. The van der Waals surface area contributed by atoms with Gasteiger partial charge in [-0.3, -0.25) is 5.43 Å². The van der Waals surface area contributed by atoms with E-state index in [9.17, 15) is 0 Å². The Morgan fingerprint density at radius 3 is 2.82 bits per heavy atom. The van der Waals surface area contributed by atoms with Crippen LogP contribution >= 0.6 is 0 Å². The molecule has 2 N–H and O–H groups in total. The molecule has 0 amide bonds. The summed E-state index contributed by atoms with van der Waals surface area (Å²) in [4.78, 5) is 0. The van der Waals surface area contributed by atoms with Crippen LogP contribution in [0.25, 0.3) is 0 Å². The highest BCUT2D eigenvalue weighted by Crippen LogP contribution is 1.78. The number of hydrazine groups is 1. The topological polar surface area (TPSA) is 24.1 Å². The van der Waals surface area contributed by atoms with Crippen molar-refractivity contribution in [1.29, 1.82) is 0 Å². The Bertz CT molecular complexity index is 168. The van der Waals surface area contributed by atoms with Crippen molar-refractivity contribution in [2.45, 2.75) is 26.2 Å². The van der Waals surface area contributed by atoms with Gasteiger partial charge in [-0.2, -0.15) is 0 Å². The van der Waals surface area contributed by atoms with Gasteiger partial charge in [-0.1, -0.05) is 12.8 Å². The van der Waals surface area contributed by atoms with E-state index >= 15 is 0 Å². The number of hydrogen-bond acceptors (Lipinski definition) is 2. The van der Waals surface area contributed by atoms with E-state index in [1.807, 2.05) is 0 Å². The van der Waals surface area contributed by atoms with Gasteiger partial charge in [0.2, 0.25) is 0 Å². The molecule has 0 saturated heterocycles. The number of unbranched alkanes of at least 4 members (excludes halogenated alkanes) is 1. The Hall–Kier alpha value is -1.12. The SMILES string of the molecule is C#CCCNNC#CCCC. The molecule has 60 valence electrons. The molecule has 0 atom stereocenters. The van der Waals surface area contributed by atoms with Gasteiger partial charge in [-0.05, 0) is 6.42 Å². The lowest BCUT2D eigenvalue weighted by Crippen LogP contribution is -2.27. The minimum Gasteiger partial charge on any atom is -0.281 e. The second-order valence-corrected chi connectivity index (χ2v) is 2.06. The molecule has 0 aliphatic heterocycles. The highest BCUT2D eigenvalue weighted by molar-refractivity contribution is 4.95. The first-order valence-corrected chi connectivity index (χ1v) is 3.81. The number of nitrogens with one attached hydrogen (secondary N) is 2. The molecule has 0 bridgehead atoms. The van der Waals surface area contributed by atoms with Gasteiger partial charge in [0.05, 0.1) is 0 Å². The number of terminal acetylenes is 1. The molecule has 0 radical (unpaired) electrons. The molecule has 0 rings (SSSR count). The van der Waals surface area contributed by atoms with Gasteiger partial charge < -0.3 is 0 Å². The van der Waals surface area contributed by atoms with Crippen LogP contribution < -0.4 is 10.9 Å². The average Bonchev–Trinajstić information content (AvgIpc) is 2.03. The van der Waals surface area contributed by atoms with E-state index in [1.54, 1.807) is 0 Å². The van der Waals surface area contributed by atoms with E-state index in [-0.39, 0.29) is 0 Å². The Morgan fingerprint density at radius 1 is 1.36 bits per heavy atom. The van der Waals surface area contributed by atoms with E-state index in [2.05, 4.69) is 35.7 Å². The minimum absolute atomic E-state index is 0.725. The molecule has 0 aromatic heterocycles. The summed E-state index contributed by atoms with van der Waals surface area (Å²) in [6.45, 7) is 2.86. The fraction of sp³-hybridized carbons (Fsp3) is 0.556. The van der Waals surface area contributed by atoms with Gasteiger partial charge >= 0.3 is 0 Å². The van der Waals surface area contributed by atoms with Gasteiger partial charge in [0.15, 0.2) is 0 Å². The first-order valence-electron chi connectivity index (χ1n) is 3.81. The highest BCUT2D eigenvalue weighted by Gasteiger charge is 1.76. The van der Waals surface area contributed by atoms with Crippen LogP contribution in [0.2, 0.25) is 0 Å². The molecule has 0 aliphatic rings. The van der Waals surface area contributed by atoms with Gasteiger partial charge in [0.1, 0.15) is 0 Å². The summed E-state index contributed by atoms with van der Waals surface area (Å²) in [5.41, 5.74) is 5.63. The Balaban J connectivity index is 3.03. The van der Waals surface area contributed by atoms with E-state index < -0.39 is 0 Å². The second-order valence-electron chi connectivity index (χ2n) is 2.06. The van der Waals surface area contributed by atoms with Crippen molar-refractivity contribution in [3.8, 4) is 24.3 Å². The van der Waals surface area contributed by atoms with Crippen molar-refractivity contribution >= 4 is 0 Å². The molecule has 11 heavy (non-hydrogen) atoms. The summed E-state index contributed by atoms with van der Waals surface area (Å²) in [5.74, 6) is 5.46. The summed E-state index contributed by atoms with van der Waals surface area (Å²) in [5, 5.41) is 0. The highest BCUT2D eigenvalue weighted by atomic mass is 15.3. The standard InChI is InChI=1S/C9H14N2/c1-3-5-7-9-11-10-8-6-4-2/h2,10-11H,3,5-6,8H2,1H3. The molecule has 0 spiro atoms. The third-order valence-electron chi connectivity index (χ3n) is 1.01. The van der Waals surface area contributed by atoms with Crippen LogP contribution in [-0.4, -0.2) is 6.54 Å². The van der Waals surface area contributed by atoms with Gasteiger partial charge in [-0.15, -0.1) is 12.3 Å². The van der Waals surface area contributed by atoms with E-state index in [4.69, 9.17) is 6.42 Å². The van der Waals surface area contributed by atoms with Crippen molar-refractivity contribution < 1.29 is 0 Å². The molecular weight excluding hydrogens is 136 g/mol. The first kappa shape index (κ1) is 9.88. The maximum absolute atomic E-state index is 5.04. The molecule has 0 aromatic carbocycles. The largest absolute Gasteiger partial charge is 0.281 e. The molecule has 2 nitrogen and oxygen atoms in total. The minimum atomic E-state index is 0.725. The van der Waals surface area contributed by atoms with Crippen molar-refractivity contribution in [1.82, 2.24) is 10.9 Å². The van der Waals surface area contributed by atoms with Crippen molar-refractivity contribution in [2.75, 3.05) is 6.54 Å². The lowest BCUT2D eigenvalue weighted by Gasteiger charge is -1.95. The van der Waals surface area contributed by atoms with Crippen LogP contribution in [0.4, 0.5) is 0 Å². The van der Waals surface area contributed by atoms with Gasteiger partial charge in [0.25, 0.3) is 0 Å². The third kappa shape index (κ3) is 8.88. The number of hydrogen-bond donors (Lipinski definition) is 2. The maximum atomic E-state index is 5.04. The number of rotatable bonds is 4. The molecule has 0 heterocycles. The fourth-order valence-corrected chi connectivity index (χ4v) is 0.473.